The van der Waals surface area contributed by atoms with Crippen molar-refractivity contribution in [2.45, 2.75) is 12.6 Å². The monoisotopic (exact) mass is 252 g/mol. The lowest BCUT2D eigenvalue weighted by molar-refractivity contribution is -0.137. The molecule has 0 unspecified atom stereocenters. The van der Waals surface area contributed by atoms with Gasteiger partial charge in [0.15, 0.2) is 0 Å². The molecule has 5 heteroatoms. The third-order valence-electron chi connectivity index (χ3n) is 2.25. The maximum atomic E-state index is 11.0. The van der Waals surface area contributed by atoms with Gasteiger partial charge in [0, 0.05) is 18.0 Å². The van der Waals surface area contributed by atoms with Crippen LogP contribution in [0.3, 0.4) is 0 Å². The van der Waals surface area contributed by atoms with E-state index in [9.17, 15) is 4.79 Å². The summed E-state index contributed by atoms with van der Waals surface area (Å²) in [6, 6.07) is 8.66. The second kappa shape index (κ2) is 7.09. The number of carboxylic acids is 1. The molecule has 0 saturated heterocycles. The number of carbonyl (C=O) groups is 1. The summed E-state index contributed by atoms with van der Waals surface area (Å²) in [5.41, 5.74) is 1.21. The Labute approximate surface area is 105 Å². The molecule has 0 amide bonds. The maximum Gasteiger partial charge on any atom is 0.326 e. The normalized spacial score (nSPS) is 12.1. The molecule has 0 bridgehead atoms. The minimum Gasteiger partial charge on any atom is -0.480 e. The van der Waals surface area contributed by atoms with Crippen LogP contribution >= 0.6 is 11.8 Å². The first-order valence-electron chi connectivity index (χ1n) is 5.21. The van der Waals surface area contributed by atoms with Gasteiger partial charge in [0.2, 0.25) is 0 Å². The quantitative estimate of drug-likeness (QED) is 0.645. The molecular weight excluding hydrogens is 236 g/mol. The standard InChI is InChI=1S/C12H16N2O2S/c1-17-8-10(13)11(12(15)16)14-7-9-5-3-2-4-6-9/h2-6,11,13-14H,7-8H2,1H3,(H,15,16)/t11-/m0/s1. The predicted molar refractivity (Wildman–Crippen MR) is 70.8 cm³/mol. The molecule has 0 aliphatic rings. The minimum atomic E-state index is -1.00. The fourth-order valence-electron chi connectivity index (χ4n) is 1.41. The van der Waals surface area contributed by atoms with Gasteiger partial charge in [0.05, 0.1) is 0 Å². The molecule has 0 aliphatic carbocycles. The fourth-order valence-corrected chi connectivity index (χ4v) is 1.89. The largest absolute Gasteiger partial charge is 0.480 e. The number of rotatable bonds is 7. The number of benzene rings is 1. The van der Waals surface area contributed by atoms with Crippen molar-refractivity contribution in [3.63, 3.8) is 0 Å². The van der Waals surface area contributed by atoms with Crippen molar-refractivity contribution in [1.82, 2.24) is 5.32 Å². The van der Waals surface area contributed by atoms with E-state index in [1.54, 1.807) is 0 Å². The number of nitrogens with one attached hydrogen (secondary N) is 2. The molecule has 0 spiro atoms. The van der Waals surface area contributed by atoms with Gasteiger partial charge >= 0.3 is 5.97 Å². The number of thioether (sulfide) groups is 1. The molecule has 3 N–H and O–H groups in total. The molecule has 0 aliphatic heterocycles. The van der Waals surface area contributed by atoms with E-state index in [1.807, 2.05) is 36.6 Å². The number of hydrogen-bond donors (Lipinski definition) is 3. The summed E-state index contributed by atoms with van der Waals surface area (Å²) in [5, 5.41) is 19.6. The van der Waals surface area contributed by atoms with E-state index in [0.29, 0.717) is 12.3 Å². The van der Waals surface area contributed by atoms with Crippen molar-refractivity contribution in [2.75, 3.05) is 12.0 Å². The van der Waals surface area contributed by atoms with Crippen LogP contribution in [0.25, 0.3) is 0 Å². The van der Waals surface area contributed by atoms with Crippen LogP contribution in [0.1, 0.15) is 5.56 Å². The Hall–Kier alpha value is -1.33. The first-order chi connectivity index (χ1) is 8.15. The summed E-state index contributed by atoms with van der Waals surface area (Å²) in [7, 11) is 0. The summed E-state index contributed by atoms with van der Waals surface area (Å²) >= 11 is 1.45. The zero-order chi connectivity index (χ0) is 12.7. The van der Waals surface area contributed by atoms with E-state index in [-0.39, 0.29) is 5.71 Å². The van der Waals surface area contributed by atoms with Crippen LogP contribution in [0.2, 0.25) is 0 Å². The number of aliphatic carboxylic acids is 1. The van der Waals surface area contributed by atoms with Crippen LogP contribution in [-0.4, -0.2) is 34.8 Å². The van der Waals surface area contributed by atoms with Crippen LogP contribution in [0.5, 0.6) is 0 Å². The van der Waals surface area contributed by atoms with Crippen molar-refractivity contribution in [1.29, 1.82) is 5.41 Å². The Morgan fingerprint density at radius 2 is 2.12 bits per heavy atom. The van der Waals surface area contributed by atoms with Crippen molar-refractivity contribution in [3.05, 3.63) is 35.9 Å². The second-order valence-electron chi connectivity index (χ2n) is 3.60. The first kappa shape index (κ1) is 13.7. The molecule has 17 heavy (non-hydrogen) atoms. The molecule has 0 radical (unpaired) electrons. The fraction of sp³-hybridized carbons (Fsp3) is 0.333. The van der Waals surface area contributed by atoms with Gasteiger partial charge in [-0.3, -0.25) is 10.1 Å². The van der Waals surface area contributed by atoms with Crippen LogP contribution < -0.4 is 5.32 Å². The molecule has 0 aromatic heterocycles. The van der Waals surface area contributed by atoms with E-state index < -0.39 is 12.0 Å². The van der Waals surface area contributed by atoms with Gasteiger partial charge < -0.3 is 10.5 Å². The number of carboxylic acid groups (broad SMARTS) is 1. The van der Waals surface area contributed by atoms with Crippen molar-refractivity contribution >= 4 is 23.4 Å². The van der Waals surface area contributed by atoms with Gasteiger partial charge in [-0.2, -0.15) is 11.8 Å². The lowest BCUT2D eigenvalue weighted by Gasteiger charge is -2.15. The molecule has 0 saturated carbocycles. The van der Waals surface area contributed by atoms with Crippen LogP contribution in [0, 0.1) is 5.41 Å². The first-order valence-corrected chi connectivity index (χ1v) is 6.61. The summed E-state index contributed by atoms with van der Waals surface area (Å²) in [6.07, 6.45) is 1.85. The highest BCUT2D eigenvalue weighted by molar-refractivity contribution is 7.99. The topological polar surface area (TPSA) is 73.2 Å². The SMILES string of the molecule is CSCC(=N)[C@H](NCc1ccccc1)C(=O)O. The smallest absolute Gasteiger partial charge is 0.326 e. The van der Waals surface area contributed by atoms with Gasteiger partial charge in [-0.05, 0) is 11.8 Å². The highest BCUT2D eigenvalue weighted by Crippen LogP contribution is 2.01. The lowest BCUT2D eigenvalue weighted by atomic mass is 10.1. The van der Waals surface area contributed by atoms with Gasteiger partial charge in [0.25, 0.3) is 0 Å². The van der Waals surface area contributed by atoms with Crippen molar-refractivity contribution in [2.24, 2.45) is 0 Å². The number of hydrogen-bond acceptors (Lipinski definition) is 4. The van der Waals surface area contributed by atoms with Crippen molar-refractivity contribution in [3.8, 4) is 0 Å². The van der Waals surface area contributed by atoms with Crippen LogP contribution in [0.15, 0.2) is 30.3 Å². The highest BCUT2D eigenvalue weighted by atomic mass is 32.2. The van der Waals surface area contributed by atoms with E-state index in [2.05, 4.69) is 5.32 Å². The third-order valence-corrected chi connectivity index (χ3v) is 2.85. The molecule has 0 fully saturated rings. The van der Waals surface area contributed by atoms with Gasteiger partial charge in [-0.25, -0.2) is 0 Å². The predicted octanol–water partition coefficient (Wildman–Crippen LogP) is 1.61. The Balaban J connectivity index is 2.56. The summed E-state index contributed by atoms with van der Waals surface area (Å²) in [5.74, 6) is -0.571. The Morgan fingerprint density at radius 3 is 2.65 bits per heavy atom. The zero-order valence-corrected chi connectivity index (χ0v) is 10.5. The average molecular weight is 252 g/mol. The van der Waals surface area contributed by atoms with Crippen molar-refractivity contribution < 1.29 is 9.90 Å². The van der Waals surface area contributed by atoms with Gasteiger partial charge in [-0.1, -0.05) is 30.3 Å². The zero-order valence-electron chi connectivity index (χ0n) is 9.64. The molecule has 0 heterocycles. The van der Waals surface area contributed by atoms with E-state index in [0.717, 1.165) is 5.56 Å². The van der Waals surface area contributed by atoms with E-state index in [1.165, 1.54) is 11.8 Å². The summed E-state index contributed by atoms with van der Waals surface area (Å²) in [4.78, 5) is 11.0. The second-order valence-corrected chi connectivity index (χ2v) is 4.46. The lowest BCUT2D eigenvalue weighted by Crippen LogP contribution is -2.43. The Bertz CT molecular complexity index is 381. The van der Waals surface area contributed by atoms with Crippen LogP contribution in [0.4, 0.5) is 0 Å². The van der Waals surface area contributed by atoms with E-state index in [4.69, 9.17) is 10.5 Å². The summed E-state index contributed by atoms with van der Waals surface area (Å²) in [6.45, 7) is 0.453. The van der Waals surface area contributed by atoms with Gasteiger partial charge in [-0.15, -0.1) is 0 Å². The minimum absolute atomic E-state index is 0.195. The molecule has 1 aromatic rings. The molecule has 1 aromatic carbocycles. The van der Waals surface area contributed by atoms with E-state index >= 15 is 0 Å². The summed E-state index contributed by atoms with van der Waals surface area (Å²) < 4.78 is 0. The molecule has 4 nitrogen and oxygen atoms in total. The Morgan fingerprint density at radius 1 is 1.47 bits per heavy atom. The van der Waals surface area contributed by atoms with Gasteiger partial charge in [0.1, 0.15) is 6.04 Å². The third kappa shape index (κ3) is 4.58. The Kier molecular flexibility index (Phi) is 5.72. The highest BCUT2D eigenvalue weighted by Gasteiger charge is 2.21. The molecular formula is C12H16N2O2S. The maximum absolute atomic E-state index is 11.0. The van der Waals surface area contributed by atoms with Crippen LogP contribution in [-0.2, 0) is 11.3 Å². The molecule has 92 valence electrons. The average Bonchev–Trinajstić information content (AvgIpc) is 2.30. The molecule has 1 atom stereocenters. The molecule has 1 rings (SSSR count).